The first kappa shape index (κ1) is 11.5. The second-order valence-corrected chi connectivity index (χ2v) is 4.18. The standard InChI is InChI=1S/C10H15NO5/c1-14-10(2-3-15-7-10)6-11-4-8(12)16-9(13)5-11/h2-7H2,1H3. The van der Waals surface area contributed by atoms with Gasteiger partial charge < -0.3 is 14.2 Å². The van der Waals surface area contributed by atoms with Crippen LogP contribution in [0.1, 0.15) is 6.42 Å². The molecular formula is C10H15NO5. The highest BCUT2D eigenvalue weighted by atomic mass is 16.6. The molecule has 6 heteroatoms. The summed E-state index contributed by atoms with van der Waals surface area (Å²) in [5.41, 5.74) is -0.391. The van der Waals surface area contributed by atoms with Crippen LogP contribution >= 0.6 is 0 Å². The Morgan fingerprint density at radius 2 is 2.06 bits per heavy atom. The fraction of sp³-hybridized carbons (Fsp3) is 0.800. The van der Waals surface area contributed by atoms with Crippen molar-refractivity contribution in [3.8, 4) is 0 Å². The van der Waals surface area contributed by atoms with Crippen LogP contribution in [-0.4, -0.2) is 62.4 Å². The van der Waals surface area contributed by atoms with E-state index in [9.17, 15) is 9.59 Å². The van der Waals surface area contributed by atoms with Gasteiger partial charge in [0.15, 0.2) is 0 Å². The number of morpholine rings is 1. The lowest BCUT2D eigenvalue weighted by Gasteiger charge is -2.33. The maximum atomic E-state index is 11.1. The molecule has 0 spiro atoms. The number of ether oxygens (including phenoxy) is 3. The summed E-state index contributed by atoms with van der Waals surface area (Å²) in [6.45, 7) is 1.95. The van der Waals surface area contributed by atoms with Crippen LogP contribution in [0.25, 0.3) is 0 Å². The Kier molecular flexibility index (Phi) is 3.22. The van der Waals surface area contributed by atoms with E-state index in [0.717, 1.165) is 6.42 Å². The lowest BCUT2D eigenvalue weighted by molar-refractivity contribution is -0.168. The first-order valence-corrected chi connectivity index (χ1v) is 5.22. The molecule has 0 amide bonds. The van der Waals surface area contributed by atoms with Crippen LogP contribution in [0.3, 0.4) is 0 Å². The zero-order valence-corrected chi connectivity index (χ0v) is 9.23. The SMILES string of the molecule is COC1(CN2CC(=O)OC(=O)C2)CCOC1. The molecule has 16 heavy (non-hydrogen) atoms. The number of nitrogens with zero attached hydrogens (tertiary/aromatic N) is 1. The van der Waals surface area contributed by atoms with Crippen LogP contribution in [0.4, 0.5) is 0 Å². The monoisotopic (exact) mass is 229 g/mol. The molecule has 2 aliphatic heterocycles. The molecule has 6 nitrogen and oxygen atoms in total. The average Bonchev–Trinajstić information content (AvgIpc) is 2.65. The zero-order valence-electron chi connectivity index (χ0n) is 9.23. The highest BCUT2D eigenvalue weighted by Crippen LogP contribution is 2.24. The Morgan fingerprint density at radius 1 is 1.38 bits per heavy atom. The van der Waals surface area contributed by atoms with Crippen molar-refractivity contribution in [2.45, 2.75) is 12.0 Å². The van der Waals surface area contributed by atoms with Crippen molar-refractivity contribution in [3.63, 3.8) is 0 Å². The van der Waals surface area contributed by atoms with Crippen molar-refractivity contribution < 1.29 is 23.8 Å². The third kappa shape index (κ3) is 2.40. The van der Waals surface area contributed by atoms with Gasteiger partial charge in [-0.15, -0.1) is 0 Å². The molecule has 90 valence electrons. The van der Waals surface area contributed by atoms with E-state index < -0.39 is 17.5 Å². The molecule has 0 aromatic carbocycles. The Hall–Kier alpha value is -0.980. The molecule has 0 aromatic rings. The van der Waals surface area contributed by atoms with Gasteiger partial charge in [0.2, 0.25) is 0 Å². The summed E-state index contributed by atoms with van der Waals surface area (Å²) in [7, 11) is 1.62. The maximum absolute atomic E-state index is 11.1. The Balaban J connectivity index is 1.97. The van der Waals surface area contributed by atoms with Crippen molar-refractivity contribution in [1.82, 2.24) is 4.90 Å². The second-order valence-electron chi connectivity index (χ2n) is 4.18. The van der Waals surface area contributed by atoms with Gasteiger partial charge in [0.25, 0.3) is 0 Å². The largest absolute Gasteiger partial charge is 0.391 e. The van der Waals surface area contributed by atoms with E-state index in [1.165, 1.54) is 0 Å². The molecule has 2 rings (SSSR count). The number of esters is 2. The Labute approximate surface area is 93.4 Å². The van der Waals surface area contributed by atoms with Gasteiger partial charge in [-0.2, -0.15) is 0 Å². The van der Waals surface area contributed by atoms with Crippen molar-refractivity contribution in [1.29, 1.82) is 0 Å². The summed E-state index contributed by atoms with van der Waals surface area (Å²) < 4.78 is 15.2. The van der Waals surface area contributed by atoms with Crippen molar-refractivity contribution in [2.75, 3.05) is 40.0 Å². The Morgan fingerprint density at radius 3 is 2.56 bits per heavy atom. The van der Waals surface area contributed by atoms with Crippen molar-refractivity contribution in [3.05, 3.63) is 0 Å². The molecule has 2 saturated heterocycles. The van der Waals surface area contributed by atoms with E-state index in [1.54, 1.807) is 12.0 Å². The van der Waals surface area contributed by atoms with E-state index in [0.29, 0.717) is 19.8 Å². The summed E-state index contributed by atoms with van der Waals surface area (Å²) in [6.07, 6.45) is 0.781. The highest BCUT2D eigenvalue weighted by molar-refractivity contribution is 5.90. The highest BCUT2D eigenvalue weighted by Gasteiger charge is 2.39. The summed E-state index contributed by atoms with van der Waals surface area (Å²) in [5.74, 6) is -0.997. The van der Waals surface area contributed by atoms with Gasteiger partial charge in [0.1, 0.15) is 5.60 Å². The van der Waals surface area contributed by atoms with Crippen molar-refractivity contribution in [2.24, 2.45) is 0 Å². The van der Waals surface area contributed by atoms with Gasteiger partial charge in [-0.3, -0.25) is 14.5 Å². The van der Waals surface area contributed by atoms with Crippen LogP contribution in [0.5, 0.6) is 0 Å². The minimum Gasteiger partial charge on any atom is -0.391 e. The van der Waals surface area contributed by atoms with E-state index >= 15 is 0 Å². The van der Waals surface area contributed by atoms with Crippen LogP contribution in [0, 0.1) is 0 Å². The summed E-state index contributed by atoms with van der Waals surface area (Å²) in [5, 5.41) is 0. The molecule has 2 aliphatic rings. The van der Waals surface area contributed by atoms with Gasteiger partial charge >= 0.3 is 11.9 Å². The molecule has 1 unspecified atom stereocenters. The average molecular weight is 229 g/mol. The fourth-order valence-electron chi connectivity index (χ4n) is 2.07. The molecule has 0 aliphatic carbocycles. The first-order chi connectivity index (χ1) is 7.63. The van der Waals surface area contributed by atoms with Crippen LogP contribution in [0.2, 0.25) is 0 Å². The number of methoxy groups -OCH3 is 1. The van der Waals surface area contributed by atoms with E-state index in [2.05, 4.69) is 4.74 Å². The summed E-state index contributed by atoms with van der Waals surface area (Å²) in [4.78, 5) is 23.9. The summed E-state index contributed by atoms with van der Waals surface area (Å²) >= 11 is 0. The molecule has 0 saturated carbocycles. The van der Waals surface area contributed by atoms with Gasteiger partial charge in [-0.1, -0.05) is 0 Å². The predicted molar refractivity (Wildman–Crippen MR) is 52.7 cm³/mol. The lowest BCUT2D eigenvalue weighted by atomic mass is 10.0. The minimum absolute atomic E-state index is 0.136. The fourth-order valence-corrected chi connectivity index (χ4v) is 2.07. The second kappa shape index (κ2) is 4.48. The third-order valence-corrected chi connectivity index (χ3v) is 2.94. The van der Waals surface area contributed by atoms with Gasteiger partial charge in [0, 0.05) is 26.7 Å². The number of hydrogen-bond donors (Lipinski definition) is 0. The molecule has 0 bridgehead atoms. The quantitative estimate of drug-likeness (QED) is 0.465. The van der Waals surface area contributed by atoms with E-state index in [4.69, 9.17) is 9.47 Å². The molecule has 2 heterocycles. The topological polar surface area (TPSA) is 65.1 Å². The molecular weight excluding hydrogens is 214 g/mol. The smallest absolute Gasteiger partial charge is 0.327 e. The third-order valence-electron chi connectivity index (χ3n) is 2.94. The Bertz CT molecular complexity index is 282. The lowest BCUT2D eigenvalue weighted by Crippen LogP contribution is -2.51. The molecule has 2 fully saturated rings. The molecule has 1 atom stereocenters. The summed E-state index contributed by atoms with van der Waals surface area (Å²) in [6, 6.07) is 0. The van der Waals surface area contributed by atoms with Crippen LogP contribution in [-0.2, 0) is 23.8 Å². The predicted octanol–water partition coefficient (Wildman–Crippen LogP) is -0.823. The van der Waals surface area contributed by atoms with Crippen LogP contribution < -0.4 is 0 Å². The number of rotatable bonds is 3. The number of cyclic esters (lactones) is 2. The van der Waals surface area contributed by atoms with Gasteiger partial charge in [0.05, 0.1) is 19.7 Å². The maximum Gasteiger partial charge on any atom is 0.327 e. The normalized spacial score (nSPS) is 31.8. The molecule has 0 aromatic heterocycles. The number of hydrogen-bond acceptors (Lipinski definition) is 6. The van der Waals surface area contributed by atoms with Gasteiger partial charge in [-0.05, 0) is 0 Å². The number of carbonyl (C=O) groups is 2. The molecule has 0 N–H and O–H groups in total. The first-order valence-electron chi connectivity index (χ1n) is 5.22. The van der Waals surface area contributed by atoms with Gasteiger partial charge in [-0.25, -0.2) is 0 Å². The van der Waals surface area contributed by atoms with Crippen molar-refractivity contribution >= 4 is 11.9 Å². The molecule has 0 radical (unpaired) electrons. The van der Waals surface area contributed by atoms with E-state index in [1.807, 2.05) is 0 Å². The number of carbonyl (C=O) groups excluding carboxylic acids is 2. The minimum atomic E-state index is -0.499. The van der Waals surface area contributed by atoms with E-state index in [-0.39, 0.29) is 13.1 Å². The zero-order chi connectivity index (χ0) is 11.6. The van der Waals surface area contributed by atoms with Crippen LogP contribution in [0.15, 0.2) is 0 Å².